The molecular weight excluding hydrogens is 275 g/mol. The van der Waals surface area contributed by atoms with Crippen LogP contribution < -0.4 is 10.5 Å². The van der Waals surface area contributed by atoms with Crippen LogP contribution in [0.25, 0.3) is 0 Å². The normalized spacial score (nSPS) is 9.90. The van der Waals surface area contributed by atoms with Crippen molar-refractivity contribution in [3.05, 3.63) is 58.9 Å². The van der Waals surface area contributed by atoms with E-state index >= 15 is 0 Å². The second kappa shape index (κ2) is 5.92. The van der Waals surface area contributed by atoms with Crippen molar-refractivity contribution < 1.29 is 19.0 Å². The van der Waals surface area contributed by atoms with Crippen molar-refractivity contribution in [3.63, 3.8) is 0 Å². The molecule has 0 saturated heterocycles. The van der Waals surface area contributed by atoms with Gasteiger partial charge >= 0.3 is 5.97 Å². The number of halogens is 1. The van der Waals surface area contributed by atoms with Gasteiger partial charge in [-0.2, -0.15) is 5.26 Å². The number of hydrogen-bond donors (Lipinski definition) is 2. The summed E-state index contributed by atoms with van der Waals surface area (Å²) in [4.78, 5) is 11.0. The lowest BCUT2D eigenvalue weighted by molar-refractivity contribution is 0.0697. The van der Waals surface area contributed by atoms with Crippen LogP contribution >= 0.6 is 0 Å². The van der Waals surface area contributed by atoms with Crippen LogP contribution in [0.15, 0.2) is 36.4 Å². The van der Waals surface area contributed by atoms with Crippen molar-refractivity contribution in [1.29, 1.82) is 5.26 Å². The highest BCUT2D eigenvalue weighted by atomic mass is 19.1. The summed E-state index contributed by atoms with van der Waals surface area (Å²) < 4.78 is 18.9. The molecule has 0 atom stereocenters. The Bertz CT molecular complexity index is 738. The molecule has 0 radical (unpaired) electrons. The number of aromatic carboxylic acids is 1. The molecule has 0 spiro atoms. The van der Waals surface area contributed by atoms with Gasteiger partial charge in [0.1, 0.15) is 18.2 Å². The van der Waals surface area contributed by atoms with E-state index in [1.54, 1.807) is 0 Å². The quantitative estimate of drug-likeness (QED) is 0.842. The van der Waals surface area contributed by atoms with Gasteiger partial charge < -0.3 is 15.6 Å². The molecule has 3 N–H and O–H groups in total. The van der Waals surface area contributed by atoms with E-state index in [-0.39, 0.29) is 29.2 Å². The lowest BCUT2D eigenvalue weighted by Gasteiger charge is -2.09. The SMILES string of the molecule is N#Cc1ccc(F)c(COc2ccc(N)c(C(=O)O)c2)c1. The van der Waals surface area contributed by atoms with Gasteiger partial charge in [-0.25, -0.2) is 9.18 Å². The molecule has 5 nitrogen and oxygen atoms in total. The maximum atomic E-state index is 13.6. The molecule has 106 valence electrons. The molecule has 2 aromatic carbocycles. The summed E-state index contributed by atoms with van der Waals surface area (Å²) >= 11 is 0. The number of carbonyl (C=O) groups is 1. The summed E-state index contributed by atoms with van der Waals surface area (Å²) in [6.07, 6.45) is 0. The number of nitrogens with zero attached hydrogens (tertiary/aromatic N) is 1. The average molecular weight is 286 g/mol. The lowest BCUT2D eigenvalue weighted by Crippen LogP contribution is -2.04. The summed E-state index contributed by atoms with van der Waals surface area (Å²) in [5.74, 6) is -1.41. The number of carboxylic acids is 1. The van der Waals surface area contributed by atoms with Gasteiger partial charge in [-0.15, -0.1) is 0 Å². The Morgan fingerprint density at radius 2 is 2.10 bits per heavy atom. The largest absolute Gasteiger partial charge is 0.489 e. The molecule has 0 aliphatic carbocycles. The summed E-state index contributed by atoms with van der Waals surface area (Å²) in [6, 6.07) is 10.0. The Labute approximate surface area is 120 Å². The van der Waals surface area contributed by atoms with Crippen LogP contribution in [0, 0.1) is 17.1 Å². The van der Waals surface area contributed by atoms with Gasteiger partial charge in [-0.3, -0.25) is 0 Å². The zero-order valence-corrected chi connectivity index (χ0v) is 10.8. The van der Waals surface area contributed by atoms with Crippen LogP contribution in [0.2, 0.25) is 0 Å². The molecule has 0 aliphatic heterocycles. The Hall–Kier alpha value is -3.07. The summed E-state index contributed by atoms with van der Waals surface area (Å²) in [6.45, 7) is -0.121. The van der Waals surface area contributed by atoms with E-state index in [0.717, 1.165) is 0 Å². The molecule has 0 heterocycles. The van der Waals surface area contributed by atoms with E-state index in [1.165, 1.54) is 36.4 Å². The minimum absolute atomic E-state index is 0.0845. The number of nitrogen functional groups attached to an aromatic ring is 1. The number of nitrogens with two attached hydrogens (primary N) is 1. The molecule has 0 unspecified atom stereocenters. The van der Waals surface area contributed by atoms with Crippen molar-refractivity contribution in [2.24, 2.45) is 0 Å². The highest BCUT2D eigenvalue weighted by Crippen LogP contribution is 2.21. The first-order valence-electron chi connectivity index (χ1n) is 5.95. The highest BCUT2D eigenvalue weighted by molar-refractivity contribution is 5.94. The summed E-state index contributed by atoms with van der Waals surface area (Å²) in [5.41, 5.74) is 6.09. The maximum absolute atomic E-state index is 13.6. The molecule has 0 aromatic heterocycles. The number of benzene rings is 2. The van der Waals surface area contributed by atoms with Gasteiger partial charge in [0.25, 0.3) is 0 Å². The van der Waals surface area contributed by atoms with Crippen LogP contribution in [0.3, 0.4) is 0 Å². The Balaban J connectivity index is 2.19. The Morgan fingerprint density at radius 3 is 2.76 bits per heavy atom. The number of nitriles is 1. The van der Waals surface area contributed by atoms with Crippen LogP contribution in [0.5, 0.6) is 5.75 Å². The second-order valence-electron chi connectivity index (χ2n) is 4.26. The topological polar surface area (TPSA) is 96.3 Å². The van der Waals surface area contributed by atoms with Crippen molar-refractivity contribution in [1.82, 2.24) is 0 Å². The zero-order valence-electron chi connectivity index (χ0n) is 10.8. The van der Waals surface area contributed by atoms with Crippen LogP contribution in [0.4, 0.5) is 10.1 Å². The fraction of sp³-hybridized carbons (Fsp3) is 0.0667. The molecule has 2 rings (SSSR count). The van der Waals surface area contributed by atoms with E-state index in [9.17, 15) is 9.18 Å². The molecule has 0 aliphatic rings. The molecule has 2 aromatic rings. The van der Waals surface area contributed by atoms with Crippen molar-refractivity contribution in [2.45, 2.75) is 6.61 Å². The number of carboxylic acid groups (broad SMARTS) is 1. The maximum Gasteiger partial charge on any atom is 0.337 e. The third-order valence-corrected chi connectivity index (χ3v) is 2.82. The first kappa shape index (κ1) is 14.3. The third-order valence-electron chi connectivity index (χ3n) is 2.82. The van der Waals surface area contributed by atoms with Gasteiger partial charge in [0.05, 0.1) is 17.2 Å². The van der Waals surface area contributed by atoms with Gasteiger partial charge in [0.2, 0.25) is 0 Å². The van der Waals surface area contributed by atoms with Crippen LogP contribution in [-0.2, 0) is 6.61 Å². The fourth-order valence-electron chi connectivity index (χ4n) is 1.73. The minimum Gasteiger partial charge on any atom is -0.489 e. The first-order valence-corrected chi connectivity index (χ1v) is 5.95. The molecule has 0 fully saturated rings. The summed E-state index contributed by atoms with van der Waals surface area (Å²) in [5, 5.41) is 17.7. The number of hydrogen-bond acceptors (Lipinski definition) is 4. The molecule has 0 saturated carbocycles. The molecule has 0 amide bonds. The van der Waals surface area contributed by atoms with E-state index in [1.807, 2.05) is 6.07 Å². The summed E-state index contributed by atoms with van der Waals surface area (Å²) in [7, 11) is 0. The Kier molecular flexibility index (Phi) is 4.05. The molecule has 0 bridgehead atoms. The monoisotopic (exact) mass is 286 g/mol. The molecule has 6 heteroatoms. The average Bonchev–Trinajstić information content (AvgIpc) is 2.47. The zero-order chi connectivity index (χ0) is 15.4. The van der Waals surface area contributed by atoms with Gasteiger partial charge in [-0.05, 0) is 36.4 Å². The number of rotatable bonds is 4. The first-order chi connectivity index (χ1) is 10.0. The van der Waals surface area contributed by atoms with E-state index in [4.69, 9.17) is 20.8 Å². The van der Waals surface area contributed by atoms with Crippen molar-refractivity contribution >= 4 is 11.7 Å². The predicted octanol–water partition coefficient (Wildman–Crippen LogP) is 2.56. The standard InChI is InChI=1S/C15H11FN2O3/c16-13-3-1-9(7-17)5-10(13)8-21-11-2-4-14(18)12(6-11)15(19)20/h1-6H,8,18H2,(H,19,20). The van der Waals surface area contributed by atoms with Gasteiger partial charge in [0.15, 0.2) is 0 Å². The number of anilines is 1. The van der Waals surface area contributed by atoms with Gasteiger partial charge in [0, 0.05) is 11.3 Å². The predicted molar refractivity (Wildman–Crippen MR) is 73.3 cm³/mol. The molecular formula is C15H11FN2O3. The lowest BCUT2D eigenvalue weighted by atomic mass is 10.1. The van der Waals surface area contributed by atoms with Gasteiger partial charge in [-0.1, -0.05) is 0 Å². The smallest absolute Gasteiger partial charge is 0.337 e. The fourth-order valence-corrected chi connectivity index (χ4v) is 1.73. The van der Waals surface area contributed by atoms with Crippen LogP contribution in [-0.4, -0.2) is 11.1 Å². The number of ether oxygens (including phenoxy) is 1. The molecule has 21 heavy (non-hydrogen) atoms. The third kappa shape index (κ3) is 3.28. The van der Waals surface area contributed by atoms with E-state index in [0.29, 0.717) is 5.56 Å². The van der Waals surface area contributed by atoms with Crippen molar-refractivity contribution in [2.75, 3.05) is 5.73 Å². The van der Waals surface area contributed by atoms with E-state index in [2.05, 4.69) is 0 Å². The highest BCUT2D eigenvalue weighted by Gasteiger charge is 2.10. The van der Waals surface area contributed by atoms with Crippen LogP contribution in [0.1, 0.15) is 21.5 Å². The second-order valence-corrected chi connectivity index (χ2v) is 4.26. The van der Waals surface area contributed by atoms with Crippen molar-refractivity contribution in [3.8, 4) is 11.8 Å². The Morgan fingerprint density at radius 1 is 1.33 bits per heavy atom. The minimum atomic E-state index is -1.17. The van der Waals surface area contributed by atoms with E-state index < -0.39 is 11.8 Å².